The van der Waals surface area contributed by atoms with Gasteiger partial charge in [-0.2, -0.15) is 0 Å². The largest absolute Gasteiger partial charge is 0.493 e. The van der Waals surface area contributed by atoms with Crippen LogP contribution >= 0.6 is 0 Å². The third-order valence-electron chi connectivity index (χ3n) is 3.89. The van der Waals surface area contributed by atoms with E-state index in [0.29, 0.717) is 24.0 Å². The minimum Gasteiger partial charge on any atom is -0.493 e. The highest BCUT2D eigenvalue weighted by Gasteiger charge is 2.28. The molecule has 1 aliphatic rings. The molecule has 1 saturated heterocycles. The molecule has 2 atom stereocenters. The Morgan fingerprint density at radius 3 is 2.57 bits per heavy atom. The molecule has 2 unspecified atom stereocenters. The Kier molecular flexibility index (Phi) is 5.44. The molecular formula is C16H24N2O3. The first-order valence-corrected chi connectivity index (χ1v) is 7.40. The van der Waals surface area contributed by atoms with E-state index in [4.69, 9.17) is 9.47 Å². The second kappa shape index (κ2) is 7.31. The molecule has 1 amide bonds. The molecule has 1 aromatic rings. The van der Waals surface area contributed by atoms with Crippen LogP contribution in [0.15, 0.2) is 24.3 Å². The van der Waals surface area contributed by atoms with Crippen LogP contribution in [0.4, 0.5) is 0 Å². The molecule has 0 spiro atoms. The summed E-state index contributed by atoms with van der Waals surface area (Å²) >= 11 is 0. The predicted octanol–water partition coefficient (Wildman–Crippen LogP) is 1.43. The standard InChI is InChI=1S/C16H24N2O3/c1-11(21-15-7-5-4-6-14(15)20-3)8-18-16(19)12(2)13-9-17-10-13/h4-7,11-13,17H,8-10H2,1-3H3,(H,18,19). The number of hydrogen-bond acceptors (Lipinski definition) is 4. The van der Waals surface area contributed by atoms with E-state index in [9.17, 15) is 4.79 Å². The molecular weight excluding hydrogens is 268 g/mol. The topological polar surface area (TPSA) is 59.6 Å². The number of benzene rings is 1. The lowest BCUT2D eigenvalue weighted by molar-refractivity contribution is -0.127. The average Bonchev–Trinajstić information content (AvgIpc) is 2.43. The Balaban J connectivity index is 1.78. The van der Waals surface area contributed by atoms with Gasteiger partial charge in [0.1, 0.15) is 6.10 Å². The van der Waals surface area contributed by atoms with Crippen LogP contribution in [-0.2, 0) is 4.79 Å². The summed E-state index contributed by atoms with van der Waals surface area (Å²) in [5, 5.41) is 6.15. The Morgan fingerprint density at radius 2 is 2.00 bits per heavy atom. The van der Waals surface area contributed by atoms with Crippen LogP contribution in [0.5, 0.6) is 11.5 Å². The van der Waals surface area contributed by atoms with Crippen LogP contribution in [0, 0.1) is 11.8 Å². The molecule has 5 heteroatoms. The van der Waals surface area contributed by atoms with E-state index >= 15 is 0 Å². The number of amides is 1. The lowest BCUT2D eigenvalue weighted by Crippen LogP contribution is -2.50. The van der Waals surface area contributed by atoms with Gasteiger partial charge in [-0.15, -0.1) is 0 Å². The maximum absolute atomic E-state index is 12.0. The van der Waals surface area contributed by atoms with Crippen molar-refractivity contribution in [2.45, 2.75) is 20.0 Å². The number of nitrogens with one attached hydrogen (secondary N) is 2. The van der Waals surface area contributed by atoms with Crippen molar-refractivity contribution >= 4 is 5.91 Å². The molecule has 0 saturated carbocycles. The number of para-hydroxylation sites is 2. The number of methoxy groups -OCH3 is 1. The van der Waals surface area contributed by atoms with Gasteiger partial charge in [-0.05, 0) is 38.1 Å². The van der Waals surface area contributed by atoms with Crippen molar-refractivity contribution in [3.8, 4) is 11.5 Å². The highest BCUT2D eigenvalue weighted by Crippen LogP contribution is 2.26. The highest BCUT2D eigenvalue weighted by molar-refractivity contribution is 5.78. The average molecular weight is 292 g/mol. The minimum atomic E-state index is -0.114. The maximum Gasteiger partial charge on any atom is 0.223 e. The number of carbonyl (C=O) groups excluding carboxylic acids is 1. The zero-order valence-corrected chi connectivity index (χ0v) is 12.9. The van der Waals surface area contributed by atoms with Gasteiger partial charge in [-0.25, -0.2) is 0 Å². The predicted molar refractivity (Wildman–Crippen MR) is 81.6 cm³/mol. The van der Waals surface area contributed by atoms with Gasteiger partial charge in [-0.3, -0.25) is 4.79 Å². The van der Waals surface area contributed by atoms with Crippen LogP contribution in [0.3, 0.4) is 0 Å². The first-order valence-electron chi connectivity index (χ1n) is 7.40. The number of rotatable bonds is 7. The fraction of sp³-hybridized carbons (Fsp3) is 0.562. The Labute approximate surface area is 126 Å². The summed E-state index contributed by atoms with van der Waals surface area (Å²) in [7, 11) is 1.61. The maximum atomic E-state index is 12.0. The van der Waals surface area contributed by atoms with Crippen molar-refractivity contribution < 1.29 is 14.3 Å². The summed E-state index contributed by atoms with van der Waals surface area (Å²) in [4.78, 5) is 12.0. The molecule has 116 valence electrons. The summed E-state index contributed by atoms with van der Waals surface area (Å²) in [6.07, 6.45) is -0.114. The van der Waals surface area contributed by atoms with Gasteiger partial charge in [0.05, 0.1) is 13.7 Å². The van der Waals surface area contributed by atoms with Gasteiger partial charge >= 0.3 is 0 Å². The molecule has 2 N–H and O–H groups in total. The molecule has 1 aliphatic heterocycles. The number of hydrogen-bond donors (Lipinski definition) is 2. The Morgan fingerprint density at radius 1 is 1.33 bits per heavy atom. The zero-order chi connectivity index (χ0) is 15.2. The van der Waals surface area contributed by atoms with Crippen molar-refractivity contribution in [1.29, 1.82) is 0 Å². The SMILES string of the molecule is COc1ccccc1OC(C)CNC(=O)C(C)C1CNC1. The van der Waals surface area contributed by atoms with E-state index < -0.39 is 0 Å². The molecule has 0 aromatic heterocycles. The lowest BCUT2D eigenvalue weighted by Gasteiger charge is -2.32. The van der Waals surface area contributed by atoms with Crippen LogP contribution in [0.2, 0.25) is 0 Å². The molecule has 1 fully saturated rings. The van der Waals surface area contributed by atoms with Crippen LogP contribution < -0.4 is 20.1 Å². The smallest absolute Gasteiger partial charge is 0.223 e. The quantitative estimate of drug-likeness (QED) is 0.798. The fourth-order valence-corrected chi connectivity index (χ4v) is 2.26. The monoisotopic (exact) mass is 292 g/mol. The molecule has 2 rings (SSSR count). The summed E-state index contributed by atoms with van der Waals surface area (Å²) in [5.41, 5.74) is 0. The molecule has 0 aliphatic carbocycles. The van der Waals surface area contributed by atoms with Gasteiger partial charge in [0.15, 0.2) is 11.5 Å². The van der Waals surface area contributed by atoms with Gasteiger partial charge in [0, 0.05) is 5.92 Å². The van der Waals surface area contributed by atoms with Crippen molar-refractivity contribution in [2.24, 2.45) is 11.8 Å². The van der Waals surface area contributed by atoms with Crippen molar-refractivity contribution in [1.82, 2.24) is 10.6 Å². The van der Waals surface area contributed by atoms with Crippen molar-refractivity contribution in [2.75, 3.05) is 26.7 Å². The molecule has 21 heavy (non-hydrogen) atoms. The number of carbonyl (C=O) groups is 1. The summed E-state index contributed by atoms with van der Waals surface area (Å²) < 4.78 is 11.1. The first-order chi connectivity index (χ1) is 10.1. The van der Waals surface area contributed by atoms with Gasteiger partial charge in [-0.1, -0.05) is 19.1 Å². The third kappa shape index (κ3) is 4.11. The second-order valence-electron chi connectivity index (χ2n) is 5.53. The van der Waals surface area contributed by atoms with E-state index in [-0.39, 0.29) is 17.9 Å². The van der Waals surface area contributed by atoms with Crippen LogP contribution in [0.25, 0.3) is 0 Å². The van der Waals surface area contributed by atoms with E-state index in [2.05, 4.69) is 10.6 Å². The number of ether oxygens (including phenoxy) is 2. The third-order valence-corrected chi connectivity index (χ3v) is 3.89. The Bertz CT molecular complexity index is 474. The molecule has 5 nitrogen and oxygen atoms in total. The van der Waals surface area contributed by atoms with Crippen molar-refractivity contribution in [3.63, 3.8) is 0 Å². The molecule has 0 bridgehead atoms. The fourth-order valence-electron chi connectivity index (χ4n) is 2.26. The normalized spacial score (nSPS) is 17.5. The van der Waals surface area contributed by atoms with Gasteiger partial charge < -0.3 is 20.1 Å². The van der Waals surface area contributed by atoms with Crippen molar-refractivity contribution in [3.05, 3.63) is 24.3 Å². The van der Waals surface area contributed by atoms with Gasteiger partial charge in [0.2, 0.25) is 5.91 Å². The Hall–Kier alpha value is -1.75. The van der Waals surface area contributed by atoms with E-state index in [1.165, 1.54) is 0 Å². The van der Waals surface area contributed by atoms with E-state index in [1.807, 2.05) is 38.1 Å². The van der Waals surface area contributed by atoms with E-state index in [1.54, 1.807) is 7.11 Å². The molecule has 1 aromatic carbocycles. The van der Waals surface area contributed by atoms with Crippen LogP contribution in [0.1, 0.15) is 13.8 Å². The second-order valence-corrected chi connectivity index (χ2v) is 5.53. The summed E-state index contributed by atoms with van der Waals surface area (Å²) in [6.45, 7) is 6.26. The van der Waals surface area contributed by atoms with Gasteiger partial charge in [0.25, 0.3) is 0 Å². The molecule has 0 radical (unpaired) electrons. The summed E-state index contributed by atoms with van der Waals surface area (Å²) in [6, 6.07) is 7.51. The van der Waals surface area contributed by atoms with E-state index in [0.717, 1.165) is 13.1 Å². The molecule has 1 heterocycles. The highest BCUT2D eigenvalue weighted by atomic mass is 16.5. The zero-order valence-electron chi connectivity index (χ0n) is 12.9. The van der Waals surface area contributed by atoms with Crippen LogP contribution in [-0.4, -0.2) is 38.8 Å². The summed E-state index contributed by atoms with van der Waals surface area (Å²) in [5.74, 6) is 1.99. The lowest BCUT2D eigenvalue weighted by atomic mass is 9.88. The first kappa shape index (κ1) is 15.6. The minimum absolute atomic E-state index is 0.0460.